The number of hydrogen-bond donors (Lipinski definition) is 1. The minimum atomic E-state index is -0.119. The summed E-state index contributed by atoms with van der Waals surface area (Å²) in [4.78, 5) is 0. The lowest BCUT2D eigenvalue weighted by atomic mass is 10.1. The molecule has 2 heteroatoms. The second-order valence-electron chi connectivity index (χ2n) is 4.87. The van der Waals surface area contributed by atoms with Gasteiger partial charge in [0, 0.05) is 6.04 Å². The van der Waals surface area contributed by atoms with E-state index in [0.29, 0.717) is 6.04 Å². The van der Waals surface area contributed by atoms with Crippen molar-refractivity contribution in [3.05, 3.63) is 71.8 Å². The molecule has 0 aromatic heterocycles. The van der Waals surface area contributed by atoms with E-state index in [9.17, 15) is 0 Å². The molecule has 2 atom stereocenters. The summed E-state index contributed by atoms with van der Waals surface area (Å²) in [5, 5.41) is 3.43. The molecule has 0 radical (unpaired) electrons. The zero-order valence-electron chi connectivity index (χ0n) is 11.2. The summed E-state index contributed by atoms with van der Waals surface area (Å²) >= 11 is 6.37. The smallest absolute Gasteiger partial charge is 0.108 e. The zero-order chi connectivity index (χ0) is 13.5. The lowest BCUT2D eigenvalue weighted by molar-refractivity contribution is 0.503. The van der Waals surface area contributed by atoms with Crippen LogP contribution in [0.25, 0.3) is 0 Å². The van der Waals surface area contributed by atoms with Crippen LogP contribution in [-0.4, -0.2) is 6.04 Å². The Hall–Kier alpha value is -1.31. The number of aryl methyl sites for hydroxylation is 1. The predicted octanol–water partition coefficient (Wildman–Crippen LogP) is 4.53. The van der Waals surface area contributed by atoms with Gasteiger partial charge in [-0.2, -0.15) is 0 Å². The Labute approximate surface area is 120 Å². The Balaban J connectivity index is 1.80. The van der Waals surface area contributed by atoms with Gasteiger partial charge in [0.1, 0.15) is 5.50 Å². The summed E-state index contributed by atoms with van der Waals surface area (Å²) in [7, 11) is 0. The van der Waals surface area contributed by atoms with Crippen molar-refractivity contribution in [2.24, 2.45) is 0 Å². The van der Waals surface area contributed by atoms with E-state index in [1.165, 1.54) is 5.56 Å². The molecule has 0 saturated carbocycles. The van der Waals surface area contributed by atoms with Crippen LogP contribution in [0, 0.1) is 0 Å². The van der Waals surface area contributed by atoms with Gasteiger partial charge < -0.3 is 0 Å². The lowest BCUT2D eigenvalue weighted by Crippen LogP contribution is -2.28. The normalized spacial score (nSPS) is 14.0. The Morgan fingerprint density at radius 1 is 0.947 bits per heavy atom. The van der Waals surface area contributed by atoms with E-state index < -0.39 is 0 Å². The van der Waals surface area contributed by atoms with Gasteiger partial charge in [0.25, 0.3) is 0 Å². The molecule has 0 amide bonds. The third kappa shape index (κ3) is 4.70. The molecule has 0 unspecified atom stereocenters. The van der Waals surface area contributed by atoms with Gasteiger partial charge in [-0.3, -0.25) is 5.32 Å². The van der Waals surface area contributed by atoms with E-state index in [4.69, 9.17) is 11.6 Å². The highest BCUT2D eigenvalue weighted by molar-refractivity contribution is 6.20. The zero-order valence-corrected chi connectivity index (χ0v) is 12.0. The molecule has 100 valence electrons. The number of benzene rings is 2. The highest BCUT2D eigenvalue weighted by Gasteiger charge is 2.10. The molecule has 0 aliphatic heterocycles. The van der Waals surface area contributed by atoms with Crippen LogP contribution in [-0.2, 0) is 6.42 Å². The Morgan fingerprint density at radius 2 is 1.53 bits per heavy atom. The van der Waals surface area contributed by atoms with Crippen LogP contribution in [0.2, 0.25) is 0 Å². The van der Waals surface area contributed by atoms with Gasteiger partial charge in [0.05, 0.1) is 0 Å². The van der Waals surface area contributed by atoms with E-state index >= 15 is 0 Å². The molecule has 0 saturated heterocycles. The predicted molar refractivity (Wildman–Crippen MR) is 82.4 cm³/mol. The van der Waals surface area contributed by atoms with Crippen molar-refractivity contribution in [2.75, 3.05) is 0 Å². The fourth-order valence-electron chi connectivity index (χ4n) is 2.08. The van der Waals surface area contributed by atoms with Crippen molar-refractivity contribution in [3.63, 3.8) is 0 Å². The Morgan fingerprint density at radius 3 is 2.16 bits per heavy atom. The van der Waals surface area contributed by atoms with Crippen LogP contribution >= 0.6 is 11.6 Å². The van der Waals surface area contributed by atoms with Gasteiger partial charge >= 0.3 is 0 Å². The summed E-state index contributed by atoms with van der Waals surface area (Å²) in [6.07, 6.45) is 2.16. The monoisotopic (exact) mass is 273 g/mol. The van der Waals surface area contributed by atoms with Gasteiger partial charge in [-0.15, -0.1) is 11.6 Å². The van der Waals surface area contributed by atoms with E-state index in [2.05, 4.69) is 54.7 Å². The number of halogens is 1. The largest absolute Gasteiger partial charge is 0.295 e. The van der Waals surface area contributed by atoms with Gasteiger partial charge in [0.15, 0.2) is 0 Å². The first kappa shape index (κ1) is 14.1. The van der Waals surface area contributed by atoms with Crippen LogP contribution in [0.1, 0.15) is 30.0 Å². The molecule has 1 nitrogen and oxygen atoms in total. The first-order valence-electron chi connectivity index (χ1n) is 6.74. The molecular formula is C17H20ClN. The standard InChI is InChI=1S/C17H20ClN/c1-14(12-13-15-8-4-2-5-9-15)19-17(18)16-10-6-3-7-11-16/h2-11,14,17,19H,12-13H2,1H3/t14-,17-/m0/s1. The molecular weight excluding hydrogens is 254 g/mol. The second-order valence-corrected chi connectivity index (χ2v) is 5.30. The summed E-state index contributed by atoms with van der Waals surface area (Å²) < 4.78 is 0. The van der Waals surface area contributed by atoms with Crippen molar-refractivity contribution in [1.29, 1.82) is 0 Å². The van der Waals surface area contributed by atoms with Crippen molar-refractivity contribution >= 4 is 11.6 Å². The molecule has 0 bridgehead atoms. The second kappa shape index (κ2) is 7.32. The Kier molecular flexibility index (Phi) is 5.44. The van der Waals surface area contributed by atoms with Gasteiger partial charge in [-0.25, -0.2) is 0 Å². The highest BCUT2D eigenvalue weighted by atomic mass is 35.5. The average Bonchev–Trinajstić information content (AvgIpc) is 2.47. The molecule has 0 aliphatic carbocycles. The molecule has 0 aliphatic rings. The first-order chi connectivity index (χ1) is 9.25. The summed E-state index contributed by atoms with van der Waals surface area (Å²) in [6.45, 7) is 2.18. The van der Waals surface area contributed by atoms with E-state index in [1.54, 1.807) is 0 Å². The molecule has 2 rings (SSSR count). The van der Waals surface area contributed by atoms with Crippen molar-refractivity contribution in [1.82, 2.24) is 5.32 Å². The minimum Gasteiger partial charge on any atom is -0.295 e. The molecule has 0 fully saturated rings. The third-order valence-electron chi connectivity index (χ3n) is 3.23. The van der Waals surface area contributed by atoms with Crippen LogP contribution in [0.4, 0.5) is 0 Å². The fourth-order valence-corrected chi connectivity index (χ4v) is 2.44. The molecule has 2 aromatic rings. The van der Waals surface area contributed by atoms with Gasteiger partial charge in [0.2, 0.25) is 0 Å². The molecule has 0 heterocycles. The van der Waals surface area contributed by atoms with Crippen LogP contribution < -0.4 is 5.32 Å². The summed E-state index contributed by atoms with van der Waals surface area (Å²) in [6, 6.07) is 21.1. The lowest BCUT2D eigenvalue weighted by Gasteiger charge is -2.18. The van der Waals surface area contributed by atoms with E-state index in [-0.39, 0.29) is 5.50 Å². The maximum atomic E-state index is 6.37. The molecule has 1 N–H and O–H groups in total. The Bertz CT molecular complexity index is 469. The fraction of sp³-hybridized carbons (Fsp3) is 0.294. The molecule has 2 aromatic carbocycles. The maximum absolute atomic E-state index is 6.37. The topological polar surface area (TPSA) is 12.0 Å². The van der Waals surface area contributed by atoms with Crippen LogP contribution in [0.3, 0.4) is 0 Å². The quantitative estimate of drug-likeness (QED) is 0.602. The number of hydrogen-bond acceptors (Lipinski definition) is 1. The highest BCUT2D eigenvalue weighted by Crippen LogP contribution is 2.18. The first-order valence-corrected chi connectivity index (χ1v) is 7.18. The van der Waals surface area contributed by atoms with Crippen molar-refractivity contribution in [2.45, 2.75) is 31.3 Å². The number of nitrogens with one attached hydrogen (secondary N) is 1. The van der Waals surface area contributed by atoms with Gasteiger partial charge in [-0.1, -0.05) is 60.7 Å². The third-order valence-corrected chi connectivity index (χ3v) is 3.61. The SMILES string of the molecule is C[C@@H](CCc1ccccc1)N[C@H](Cl)c1ccccc1. The van der Waals surface area contributed by atoms with E-state index in [0.717, 1.165) is 18.4 Å². The molecule has 19 heavy (non-hydrogen) atoms. The van der Waals surface area contributed by atoms with Crippen molar-refractivity contribution < 1.29 is 0 Å². The maximum Gasteiger partial charge on any atom is 0.108 e. The minimum absolute atomic E-state index is 0.119. The summed E-state index contributed by atoms with van der Waals surface area (Å²) in [5.41, 5.74) is 2.38. The van der Waals surface area contributed by atoms with E-state index in [1.807, 2.05) is 18.2 Å². The van der Waals surface area contributed by atoms with Crippen LogP contribution in [0.5, 0.6) is 0 Å². The average molecular weight is 274 g/mol. The number of alkyl halides is 1. The summed E-state index contributed by atoms with van der Waals surface area (Å²) in [5.74, 6) is 0. The van der Waals surface area contributed by atoms with Crippen molar-refractivity contribution in [3.8, 4) is 0 Å². The number of rotatable bonds is 6. The molecule has 0 spiro atoms. The van der Waals surface area contributed by atoms with Crippen LogP contribution in [0.15, 0.2) is 60.7 Å². The van der Waals surface area contributed by atoms with Gasteiger partial charge in [-0.05, 0) is 30.9 Å².